The molecule has 0 saturated carbocycles. The zero-order valence-corrected chi connectivity index (χ0v) is 17.7. The minimum atomic E-state index is 0.0550. The molecule has 0 unspecified atom stereocenters. The fraction of sp³-hybridized carbons (Fsp3) is 0.292. The molecule has 1 aromatic heterocycles. The Hall–Kier alpha value is -2.99. The number of thiazole rings is 1. The van der Waals surface area contributed by atoms with Gasteiger partial charge in [0.15, 0.2) is 5.13 Å². The van der Waals surface area contributed by atoms with E-state index in [1.54, 1.807) is 4.90 Å². The molecule has 0 spiro atoms. The highest BCUT2D eigenvalue weighted by atomic mass is 32.1. The van der Waals surface area contributed by atoms with Crippen LogP contribution < -0.4 is 4.90 Å². The number of hydrogen-bond donors (Lipinski definition) is 0. The normalized spacial score (nSPS) is 13.6. The van der Waals surface area contributed by atoms with Gasteiger partial charge in [-0.1, -0.05) is 60.7 Å². The Morgan fingerprint density at radius 2 is 1.73 bits per heavy atom. The molecule has 2 amide bonds. The number of hydrogen-bond acceptors (Lipinski definition) is 4. The lowest BCUT2D eigenvalue weighted by Crippen LogP contribution is -2.33. The Balaban J connectivity index is 1.44. The van der Waals surface area contributed by atoms with Gasteiger partial charge in [-0.25, -0.2) is 4.98 Å². The van der Waals surface area contributed by atoms with Crippen molar-refractivity contribution in [2.24, 2.45) is 0 Å². The summed E-state index contributed by atoms with van der Waals surface area (Å²) in [5, 5.41) is 2.61. The maximum absolute atomic E-state index is 13.1. The predicted octanol–water partition coefficient (Wildman–Crippen LogP) is 4.08. The lowest BCUT2D eigenvalue weighted by molar-refractivity contribution is -0.131. The van der Waals surface area contributed by atoms with Crippen LogP contribution >= 0.6 is 11.3 Å². The summed E-state index contributed by atoms with van der Waals surface area (Å²) in [5.41, 5.74) is 3.06. The third-order valence-electron chi connectivity index (χ3n) is 5.26. The molecule has 2 aromatic carbocycles. The summed E-state index contributed by atoms with van der Waals surface area (Å²) in [5.74, 6) is 0.176. The van der Waals surface area contributed by atoms with Gasteiger partial charge in [0.1, 0.15) is 0 Å². The Morgan fingerprint density at radius 3 is 2.40 bits per heavy atom. The summed E-state index contributed by atoms with van der Waals surface area (Å²) in [7, 11) is 0. The number of carbonyl (C=O) groups is 2. The molecular formula is C24H25N3O2S. The second-order valence-electron chi connectivity index (χ2n) is 7.48. The van der Waals surface area contributed by atoms with Crippen LogP contribution in [0.2, 0.25) is 0 Å². The monoisotopic (exact) mass is 419 g/mol. The first-order valence-electron chi connectivity index (χ1n) is 10.3. The van der Waals surface area contributed by atoms with E-state index in [9.17, 15) is 9.59 Å². The van der Waals surface area contributed by atoms with Gasteiger partial charge in [0.25, 0.3) is 0 Å². The van der Waals surface area contributed by atoms with Crippen molar-refractivity contribution in [2.75, 3.05) is 18.0 Å². The Morgan fingerprint density at radius 1 is 1.03 bits per heavy atom. The van der Waals surface area contributed by atoms with Gasteiger partial charge in [-0.2, -0.15) is 0 Å². The number of anilines is 1. The van der Waals surface area contributed by atoms with E-state index in [1.165, 1.54) is 16.9 Å². The Labute approximate surface area is 181 Å². The lowest BCUT2D eigenvalue weighted by Gasteiger charge is -2.23. The van der Waals surface area contributed by atoms with Crippen molar-refractivity contribution < 1.29 is 9.59 Å². The van der Waals surface area contributed by atoms with Crippen LogP contribution in [0.1, 0.15) is 29.7 Å². The maximum Gasteiger partial charge on any atom is 0.228 e. The van der Waals surface area contributed by atoms with E-state index < -0.39 is 0 Å². The van der Waals surface area contributed by atoms with Gasteiger partial charge in [0.2, 0.25) is 11.8 Å². The Kier molecular flexibility index (Phi) is 6.54. The predicted molar refractivity (Wildman–Crippen MR) is 119 cm³/mol. The number of benzene rings is 2. The topological polar surface area (TPSA) is 53.5 Å². The highest BCUT2D eigenvalue weighted by Crippen LogP contribution is 2.25. The second kappa shape index (κ2) is 9.67. The van der Waals surface area contributed by atoms with E-state index in [4.69, 9.17) is 0 Å². The van der Waals surface area contributed by atoms with Crippen LogP contribution in [0.4, 0.5) is 5.13 Å². The first-order valence-corrected chi connectivity index (χ1v) is 11.2. The summed E-state index contributed by atoms with van der Waals surface area (Å²) in [6, 6.07) is 20.3. The molecular weight excluding hydrogens is 394 g/mol. The summed E-state index contributed by atoms with van der Waals surface area (Å²) in [6.07, 6.45) is 2.51. The van der Waals surface area contributed by atoms with Gasteiger partial charge >= 0.3 is 0 Å². The zero-order chi connectivity index (χ0) is 20.8. The quantitative estimate of drug-likeness (QED) is 0.553. The number of aromatic nitrogens is 1. The van der Waals surface area contributed by atoms with Crippen molar-refractivity contribution >= 4 is 28.3 Å². The molecule has 0 atom stereocenters. The molecule has 6 heteroatoms. The molecule has 0 bridgehead atoms. The molecule has 4 rings (SSSR count). The molecule has 1 fully saturated rings. The molecule has 0 radical (unpaired) electrons. The second-order valence-corrected chi connectivity index (χ2v) is 8.32. The van der Waals surface area contributed by atoms with E-state index >= 15 is 0 Å². The average Bonchev–Trinajstić information content (AvgIpc) is 3.41. The van der Waals surface area contributed by atoms with E-state index in [2.05, 4.69) is 17.1 Å². The minimum absolute atomic E-state index is 0.0550. The average molecular weight is 420 g/mol. The van der Waals surface area contributed by atoms with Gasteiger partial charge in [-0.15, -0.1) is 11.3 Å². The minimum Gasteiger partial charge on any atom is -0.338 e. The third kappa shape index (κ3) is 5.13. The van der Waals surface area contributed by atoms with Crippen molar-refractivity contribution in [3.63, 3.8) is 0 Å². The van der Waals surface area contributed by atoms with Crippen LogP contribution in [-0.2, 0) is 29.0 Å². The number of amides is 2. The molecule has 1 saturated heterocycles. The van der Waals surface area contributed by atoms with Gasteiger partial charge in [0.05, 0.1) is 12.1 Å². The molecule has 2 heterocycles. The number of nitrogens with zero attached hydrogens (tertiary/aromatic N) is 3. The van der Waals surface area contributed by atoms with E-state index in [1.807, 2.05) is 58.8 Å². The van der Waals surface area contributed by atoms with Gasteiger partial charge < -0.3 is 4.90 Å². The molecule has 0 aliphatic carbocycles. The molecule has 1 aliphatic heterocycles. The van der Waals surface area contributed by atoms with E-state index in [0.717, 1.165) is 30.6 Å². The van der Waals surface area contributed by atoms with Crippen molar-refractivity contribution in [3.05, 3.63) is 82.9 Å². The van der Waals surface area contributed by atoms with Crippen LogP contribution in [0.25, 0.3) is 0 Å². The highest BCUT2D eigenvalue weighted by molar-refractivity contribution is 7.14. The number of carbonyl (C=O) groups excluding carboxylic acids is 2. The fourth-order valence-corrected chi connectivity index (χ4v) is 4.49. The zero-order valence-electron chi connectivity index (χ0n) is 16.9. The maximum atomic E-state index is 13.1. The summed E-state index contributed by atoms with van der Waals surface area (Å²) in [6.45, 7) is 1.95. The summed E-state index contributed by atoms with van der Waals surface area (Å²) < 4.78 is 0. The van der Waals surface area contributed by atoms with Crippen molar-refractivity contribution in [1.82, 2.24) is 9.88 Å². The molecule has 30 heavy (non-hydrogen) atoms. The van der Waals surface area contributed by atoms with E-state index in [-0.39, 0.29) is 18.2 Å². The van der Waals surface area contributed by atoms with Gasteiger partial charge in [-0.05, 0) is 24.0 Å². The summed E-state index contributed by atoms with van der Waals surface area (Å²) in [4.78, 5) is 33.3. The first-order chi connectivity index (χ1) is 14.7. The van der Waals surface area contributed by atoms with E-state index in [0.29, 0.717) is 24.6 Å². The van der Waals surface area contributed by atoms with Crippen molar-refractivity contribution in [3.8, 4) is 0 Å². The molecule has 0 N–H and O–H groups in total. The van der Waals surface area contributed by atoms with Crippen molar-refractivity contribution in [1.29, 1.82) is 0 Å². The van der Waals surface area contributed by atoms with Crippen LogP contribution in [0.15, 0.2) is 66.0 Å². The Bertz CT molecular complexity index is 988. The molecule has 154 valence electrons. The lowest BCUT2D eigenvalue weighted by atomic mass is 10.1. The van der Waals surface area contributed by atoms with Crippen LogP contribution in [0.5, 0.6) is 0 Å². The van der Waals surface area contributed by atoms with Crippen LogP contribution in [0, 0.1) is 0 Å². The summed E-state index contributed by atoms with van der Waals surface area (Å²) >= 11 is 1.44. The van der Waals surface area contributed by atoms with Gasteiger partial charge in [-0.3, -0.25) is 14.5 Å². The number of rotatable bonds is 8. The largest absolute Gasteiger partial charge is 0.338 e. The third-order valence-corrected chi connectivity index (χ3v) is 6.17. The van der Waals surface area contributed by atoms with Crippen LogP contribution in [0.3, 0.4) is 0 Å². The smallest absolute Gasteiger partial charge is 0.228 e. The molecule has 1 aliphatic rings. The van der Waals surface area contributed by atoms with Gasteiger partial charge in [0, 0.05) is 31.4 Å². The highest BCUT2D eigenvalue weighted by Gasteiger charge is 2.25. The molecule has 5 nitrogen and oxygen atoms in total. The molecule has 3 aromatic rings. The SMILES string of the molecule is O=C(Cc1csc(N2CCCC2=O)n1)N(CCc1ccccc1)Cc1ccccc1. The standard InChI is InChI=1S/C24H25N3O2S/c28-22-12-7-14-27(22)24-25-21(18-30-24)16-23(29)26(17-20-10-5-2-6-11-20)15-13-19-8-3-1-4-9-19/h1-6,8-11,18H,7,12-17H2. The first kappa shape index (κ1) is 20.3. The van der Waals surface area contributed by atoms with Crippen molar-refractivity contribution in [2.45, 2.75) is 32.2 Å². The van der Waals surface area contributed by atoms with Crippen LogP contribution in [-0.4, -0.2) is 34.8 Å². The fourth-order valence-electron chi connectivity index (χ4n) is 3.62.